The SMILES string of the molecule is COc1ccc(C(=O)C(=O)N2CCOCC2)cc1F. The van der Waals surface area contributed by atoms with Gasteiger partial charge in [0.1, 0.15) is 0 Å². The Bertz CT molecular complexity index is 497. The average Bonchev–Trinajstić information content (AvgIpc) is 2.46. The van der Waals surface area contributed by atoms with Gasteiger partial charge in [-0.15, -0.1) is 0 Å². The van der Waals surface area contributed by atoms with Crippen molar-refractivity contribution in [3.05, 3.63) is 29.6 Å². The molecule has 0 atom stereocenters. The molecule has 1 heterocycles. The average molecular weight is 267 g/mol. The van der Waals surface area contributed by atoms with Crippen molar-refractivity contribution in [1.29, 1.82) is 0 Å². The summed E-state index contributed by atoms with van der Waals surface area (Å²) in [6, 6.07) is 3.72. The van der Waals surface area contributed by atoms with Crippen LogP contribution >= 0.6 is 0 Å². The third-order valence-electron chi connectivity index (χ3n) is 2.91. The van der Waals surface area contributed by atoms with Crippen LogP contribution in [-0.2, 0) is 9.53 Å². The number of hydrogen-bond donors (Lipinski definition) is 0. The van der Waals surface area contributed by atoms with Crippen molar-refractivity contribution in [2.24, 2.45) is 0 Å². The summed E-state index contributed by atoms with van der Waals surface area (Å²) in [5.74, 6) is -1.98. The molecule has 0 spiro atoms. The second kappa shape index (κ2) is 5.79. The lowest BCUT2D eigenvalue weighted by Gasteiger charge is -2.26. The van der Waals surface area contributed by atoms with Crippen LogP contribution in [0, 0.1) is 5.82 Å². The van der Waals surface area contributed by atoms with E-state index in [1.165, 1.54) is 24.1 Å². The van der Waals surface area contributed by atoms with Crippen LogP contribution in [0.2, 0.25) is 0 Å². The minimum atomic E-state index is -0.719. The van der Waals surface area contributed by atoms with E-state index in [9.17, 15) is 14.0 Å². The van der Waals surface area contributed by atoms with Crippen LogP contribution in [0.25, 0.3) is 0 Å². The van der Waals surface area contributed by atoms with Gasteiger partial charge in [-0.1, -0.05) is 0 Å². The highest BCUT2D eigenvalue weighted by atomic mass is 19.1. The maximum atomic E-state index is 13.5. The van der Waals surface area contributed by atoms with Crippen LogP contribution < -0.4 is 4.74 Å². The second-order valence-electron chi connectivity index (χ2n) is 4.08. The number of hydrogen-bond acceptors (Lipinski definition) is 4. The Morgan fingerprint density at radius 1 is 1.32 bits per heavy atom. The van der Waals surface area contributed by atoms with Crippen molar-refractivity contribution in [2.75, 3.05) is 33.4 Å². The summed E-state index contributed by atoms with van der Waals surface area (Å²) < 4.78 is 23.4. The summed E-state index contributed by atoms with van der Waals surface area (Å²) in [4.78, 5) is 25.3. The Kier molecular flexibility index (Phi) is 4.11. The van der Waals surface area contributed by atoms with Gasteiger partial charge in [-0.2, -0.15) is 0 Å². The Hall–Kier alpha value is -1.95. The number of ether oxygens (including phenoxy) is 2. The monoisotopic (exact) mass is 267 g/mol. The van der Waals surface area contributed by atoms with Crippen molar-refractivity contribution in [2.45, 2.75) is 0 Å². The largest absolute Gasteiger partial charge is 0.494 e. The van der Waals surface area contributed by atoms with Crippen LogP contribution in [0.4, 0.5) is 4.39 Å². The zero-order chi connectivity index (χ0) is 13.8. The van der Waals surface area contributed by atoms with Gasteiger partial charge in [0.2, 0.25) is 5.78 Å². The fraction of sp³-hybridized carbons (Fsp3) is 0.385. The standard InChI is InChI=1S/C13H14FNO4/c1-18-11-3-2-9(8-10(11)14)12(16)13(17)15-4-6-19-7-5-15/h2-3,8H,4-7H2,1H3. The molecule has 1 aliphatic rings. The molecule has 1 aromatic carbocycles. The first-order chi connectivity index (χ1) is 9.13. The molecule has 102 valence electrons. The molecule has 0 aliphatic carbocycles. The Labute approximate surface area is 109 Å². The van der Waals surface area contributed by atoms with Gasteiger partial charge < -0.3 is 14.4 Å². The number of Topliss-reactive ketones (excluding diaryl/α,β-unsaturated/α-hetero) is 1. The van der Waals surface area contributed by atoms with E-state index in [0.717, 1.165) is 6.07 Å². The van der Waals surface area contributed by atoms with Gasteiger partial charge in [-0.3, -0.25) is 9.59 Å². The van der Waals surface area contributed by atoms with Crippen LogP contribution in [-0.4, -0.2) is 50.0 Å². The van der Waals surface area contributed by atoms with Crippen molar-refractivity contribution in [3.8, 4) is 5.75 Å². The first-order valence-electron chi connectivity index (χ1n) is 5.88. The summed E-state index contributed by atoms with van der Waals surface area (Å²) in [7, 11) is 1.33. The van der Waals surface area contributed by atoms with Gasteiger partial charge in [-0.25, -0.2) is 4.39 Å². The lowest BCUT2D eigenvalue weighted by atomic mass is 10.1. The molecule has 0 N–H and O–H groups in total. The fourth-order valence-electron chi connectivity index (χ4n) is 1.84. The van der Waals surface area contributed by atoms with Gasteiger partial charge in [0.15, 0.2) is 11.6 Å². The van der Waals surface area contributed by atoms with E-state index in [-0.39, 0.29) is 11.3 Å². The highest BCUT2D eigenvalue weighted by Gasteiger charge is 2.25. The van der Waals surface area contributed by atoms with Crippen molar-refractivity contribution < 1.29 is 23.5 Å². The molecular formula is C13H14FNO4. The molecule has 0 radical (unpaired) electrons. The van der Waals surface area contributed by atoms with E-state index in [1.807, 2.05) is 0 Å². The third-order valence-corrected chi connectivity index (χ3v) is 2.91. The summed E-state index contributed by atoms with van der Waals surface area (Å²) in [5.41, 5.74) is 0.0230. The summed E-state index contributed by atoms with van der Waals surface area (Å²) in [6.07, 6.45) is 0. The van der Waals surface area contributed by atoms with E-state index in [2.05, 4.69) is 0 Å². The number of rotatable bonds is 3. The summed E-state index contributed by atoms with van der Waals surface area (Å²) in [5, 5.41) is 0. The van der Waals surface area contributed by atoms with E-state index in [0.29, 0.717) is 26.3 Å². The Balaban J connectivity index is 2.14. The predicted molar refractivity (Wildman–Crippen MR) is 64.7 cm³/mol. The maximum absolute atomic E-state index is 13.5. The molecule has 19 heavy (non-hydrogen) atoms. The number of nitrogens with zero attached hydrogens (tertiary/aromatic N) is 1. The molecule has 1 amide bonds. The number of morpholine rings is 1. The zero-order valence-electron chi connectivity index (χ0n) is 10.5. The van der Waals surface area contributed by atoms with E-state index in [4.69, 9.17) is 9.47 Å². The number of methoxy groups -OCH3 is 1. The molecule has 1 aromatic rings. The van der Waals surface area contributed by atoms with E-state index in [1.54, 1.807) is 0 Å². The summed E-state index contributed by atoms with van der Waals surface area (Å²) in [6.45, 7) is 1.58. The quantitative estimate of drug-likeness (QED) is 0.602. The second-order valence-corrected chi connectivity index (χ2v) is 4.08. The number of ketones is 1. The number of amides is 1. The zero-order valence-corrected chi connectivity index (χ0v) is 10.5. The van der Waals surface area contributed by atoms with Gasteiger partial charge in [0.25, 0.3) is 5.91 Å². The van der Waals surface area contributed by atoms with E-state index < -0.39 is 17.5 Å². The highest BCUT2D eigenvalue weighted by molar-refractivity contribution is 6.42. The number of carbonyl (C=O) groups is 2. The lowest BCUT2D eigenvalue weighted by molar-refractivity contribution is -0.130. The molecule has 1 saturated heterocycles. The molecule has 6 heteroatoms. The Morgan fingerprint density at radius 3 is 2.58 bits per heavy atom. The van der Waals surface area contributed by atoms with Crippen LogP contribution in [0.15, 0.2) is 18.2 Å². The molecule has 0 saturated carbocycles. The minimum absolute atomic E-state index is 0.0230. The van der Waals surface area contributed by atoms with Crippen molar-refractivity contribution in [3.63, 3.8) is 0 Å². The molecule has 0 unspecified atom stereocenters. The van der Waals surface area contributed by atoms with Crippen LogP contribution in [0.5, 0.6) is 5.75 Å². The number of benzene rings is 1. The molecule has 1 aliphatic heterocycles. The predicted octanol–water partition coefficient (Wildman–Crippen LogP) is 0.876. The molecular weight excluding hydrogens is 253 g/mol. The van der Waals surface area contributed by atoms with Gasteiger partial charge in [0.05, 0.1) is 20.3 Å². The van der Waals surface area contributed by atoms with Crippen LogP contribution in [0.1, 0.15) is 10.4 Å². The van der Waals surface area contributed by atoms with Crippen molar-refractivity contribution >= 4 is 11.7 Å². The first-order valence-corrected chi connectivity index (χ1v) is 5.88. The summed E-state index contributed by atoms with van der Waals surface area (Å²) >= 11 is 0. The topological polar surface area (TPSA) is 55.8 Å². The van der Waals surface area contributed by atoms with Gasteiger partial charge in [-0.05, 0) is 18.2 Å². The molecule has 0 aromatic heterocycles. The number of halogens is 1. The fourth-order valence-corrected chi connectivity index (χ4v) is 1.84. The van der Waals surface area contributed by atoms with E-state index >= 15 is 0 Å². The first kappa shape index (κ1) is 13.5. The lowest BCUT2D eigenvalue weighted by Crippen LogP contribution is -2.44. The normalized spacial score (nSPS) is 15.2. The maximum Gasteiger partial charge on any atom is 0.295 e. The third kappa shape index (κ3) is 2.90. The minimum Gasteiger partial charge on any atom is -0.494 e. The highest BCUT2D eigenvalue weighted by Crippen LogP contribution is 2.18. The van der Waals surface area contributed by atoms with Gasteiger partial charge in [0, 0.05) is 18.7 Å². The number of carbonyl (C=O) groups excluding carboxylic acids is 2. The molecule has 1 fully saturated rings. The molecule has 0 bridgehead atoms. The van der Waals surface area contributed by atoms with Crippen molar-refractivity contribution in [1.82, 2.24) is 4.90 Å². The Morgan fingerprint density at radius 2 is 2.00 bits per heavy atom. The molecule has 2 rings (SSSR count). The van der Waals surface area contributed by atoms with Crippen LogP contribution in [0.3, 0.4) is 0 Å². The molecule has 5 nitrogen and oxygen atoms in total. The van der Waals surface area contributed by atoms with Gasteiger partial charge >= 0.3 is 0 Å². The smallest absolute Gasteiger partial charge is 0.295 e.